The number of hydrogen-bond acceptors (Lipinski definition) is 4. The molecule has 1 saturated heterocycles. The molecule has 76 valence electrons. The quantitative estimate of drug-likeness (QED) is 0.612. The van der Waals surface area contributed by atoms with E-state index in [-0.39, 0.29) is 5.56 Å². The Morgan fingerprint density at radius 1 is 1.43 bits per heavy atom. The number of ether oxygens (including phenoxy) is 1. The zero-order valence-electron chi connectivity index (χ0n) is 8.14. The van der Waals surface area contributed by atoms with E-state index in [1.54, 1.807) is 19.3 Å². The van der Waals surface area contributed by atoms with Gasteiger partial charge in [0.05, 0.1) is 13.2 Å². The summed E-state index contributed by atoms with van der Waals surface area (Å²) in [6.45, 7) is 2.93. The van der Waals surface area contributed by atoms with Crippen molar-refractivity contribution in [1.82, 2.24) is 9.78 Å². The highest BCUT2D eigenvalue weighted by molar-refractivity contribution is 5.43. The molecule has 0 N–H and O–H groups in total. The number of anilines is 1. The average Bonchev–Trinajstić information content (AvgIpc) is 2.23. The molecule has 1 fully saturated rings. The van der Waals surface area contributed by atoms with Crippen LogP contribution in [0.15, 0.2) is 17.1 Å². The molecule has 2 heterocycles. The second-order valence-electron chi connectivity index (χ2n) is 3.24. The minimum absolute atomic E-state index is 0.0469. The highest BCUT2D eigenvalue weighted by atomic mass is 16.5. The smallest absolute Gasteiger partial charge is 0.290 e. The Morgan fingerprint density at radius 3 is 2.86 bits per heavy atom. The summed E-state index contributed by atoms with van der Waals surface area (Å²) in [5.74, 6) is 0. The van der Waals surface area contributed by atoms with Crippen LogP contribution in [-0.2, 0) is 11.8 Å². The molecule has 14 heavy (non-hydrogen) atoms. The van der Waals surface area contributed by atoms with Crippen LogP contribution in [0, 0.1) is 0 Å². The lowest BCUT2D eigenvalue weighted by atomic mass is 10.3. The lowest BCUT2D eigenvalue weighted by Crippen LogP contribution is -2.40. The molecule has 5 nitrogen and oxygen atoms in total. The summed E-state index contributed by atoms with van der Waals surface area (Å²) in [5, 5.41) is 3.88. The van der Waals surface area contributed by atoms with Crippen molar-refractivity contribution in [3.8, 4) is 0 Å². The number of aromatic nitrogens is 2. The molecule has 0 spiro atoms. The maximum atomic E-state index is 11.7. The number of aryl methyl sites for hydroxylation is 1. The molecule has 0 radical (unpaired) electrons. The first-order valence-electron chi connectivity index (χ1n) is 4.64. The van der Waals surface area contributed by atoms with E-state index in [0.717, 1.165) is 13.1 Å². The van der Waals surface area contributed by atoms with Crippen molar-refractivity contribution in [3.05, 3.63) is 22.6 Å². The highest BCUT2D eigenvalue weighted by Gasteiger charge is 2.14. The van der Waals surface area contributed by atoms with Gasteiger partial charge in [-0.2, -0.15) is 5.10 Å². The van der Waals surface area contributed by atoms with Crippen LogP contribution in [0.4, 0.5) is 5.69 Å². The number of morpholine rings is 1. The molecule has 2 rings (SSSR count). The van der Waals surface area contributed by atoms with Gasteiger partial charge >= 0.3 is 0 Å². The van der Waals surface area contributed by atoms with Crippen molar-refractivity contribution in [1.29, 1.82) is 0 Å². The molecule has 1 aliphatic heterocycles. The van der Waals surface area contributed by atoms with Crippen LogP contribution >= 0.6 is 0 Å². The molecular formula is C9H13N3O2. The van der Waals surface area contributed by atoms with E-state index in [4.69, 9.17) is 4.74 Å². The Bertz CT molecular complexity index is 369. The van der Waals surface area contributed by atoms with Gasteiger partial charge in [0.1, 0.15) is 5.69 Å². The van der Waals surface area contributed by atoms with E-state index in [9.17, 15) is 4.79 Å². The normalized spacial score (nSPS) is 17.1. The zero-order chi connectivity index (χ0) is 9.97. The summed E-state index contributed by atoms with van der Waals surface area (Å²) >= 11 is 0. The largest absolute Gasteiger partial charge is 0.378 e. The first-order chi connectivity index (χ1) is 6.79. The lowest BCUT2D eigenvalue weighted by molar-refractivity contribution is 0.122. The van der Waals surface area contributed by atoms with Gasteiger partial charge in [-0.05, 0) is 6.07 Å². The van der Waals surface area contributed by atoms with Crippen molar-refractivity contribution < 1.29 is 4.74 Å². The topological polar surface area (TPSA) is 47.4 Å². The molecule has 5 heteroatoms. The van der Waals surface area contributed by atoms with Gasteiger partial charge in [0.25, 0.3) is 5.56 Å². The fourth-order valence-corrected chi connectivity index (χ4v) is 1.54. The summed E-state index contributed by atoms with van der Waals surface area (Å²) in [7, 11) is 1.66. The highest BCUT2D eigenvalue weighted by Crippen LogP contribution is 2.08. The molecule has 1 aliphatic rings. The van der Waals surface area contributed by atoms with Crippen LogP contribution in [-0.4, -0.2) is 36.1 Å². The van der Waals surface area contributed by atoms with E-state index >= 15 is 0 Å². The van der Waals surface area contributed by atoms with Crippen molar-refractivity contribution >= 4 is 5.69 Å². The van der Waals surface area contributed by atoms with Crippen LogP contribution < -0.4 is 10.5 Å². The Morgan fingerprint density at radius 2 is 2.14 bits per heavy atom. The van der Waals surface area contributed by atoms with E-state index in [1.807, 2.05) is 4.90 Å². The van der Waals surface area contributed by atoms with Crippen LogP contribution in [0.25, 0.3) is 0 Å². The molecular weight excluding hydrogens is 182 g/mol. The maximum Gasteiger partial charge on any atom is 0.290 e. The third kappa shape index (κ3) is 1.63. The van der Waals surface area contributed by atoms with Crippen LogP contribution in [0.1, 0.15) is 0 Å². The summed E-state index contributed by atoms with van der Waals surface area (Å²) in [4.78, 5) is 13.7. The van der Waals surface area contributed by atoms with Gasteiger partial charge in [-0.15, -0.1) is 0 Å². The zero-order valence-corrected chi connectivity index (χ0v) is 8.14. The SMILES string of the molecule is Cn1nccc(N2CCOCC2)c1=O. The van der Waals surface area contributed by atoms with Gasteiger partial charge in [-0.25, -0.2) is 4.68 Å². The minimum Gasteiger partial charge on any atom is -0.378 e. The molecule has 0 aliphatic carbocycles. The molecule has 0 atom stereocenters. The predicted octanol–water partition coefficient (Wildman–Crippen LogP) is -0.383. The second-order valence-corrected chi connectivity index (χ2v) is 3.24. The van der Waals surface area contributed by atoms with E-state index in [1.165, 1.54) is 4.68 Å². The summed E-state index contributed by atoms with van der Waals surface area (Å²) in [5.41, 5.74) is 0.667. The number of rotatable bonds is 1. The van der Waals surface area contributed by atoms with Gasteiger partial charge < -0.3 is 9.64 Å². The third-order valence-electron chi connectivity index (χ3n) is 2.34. The van der Waals surface area contributed by atoms with E-state index in [2.05, 4.69) is 5.10 Å². The molecule has 0 amide bonds. The lowest BCUT2D eigenvalue weighted by Gasteiger charge is -2.27. The maximum absolute atomic E-state index is 11.7. The van der Waals surface area contributed by atoms with Gasteiger partial charge in [-0.3, -0.25) is 4.79 Å². The van der Waals surface area contributed by atoms with E-state index < -0.39 is 0 Å². The van der Waals surface area contributed by atoms with Gasteiger partial charge in [0.15, 0.2) is 0 Å². The summed E-state index contributed by atoms with van der Waals surface area (Å²) < 4.78 is 6.58. The Labute approximate surface area is 81.9 Å². The third-order valence-corrected chi connectivity index (χ3v) is 2.34. The van der Waals surface area contributed by atoms with Crippen molar-refractivity contribution in [3.63, 3.8) is 0 Å². The van der Waals surface area contributed by atoms with Gasteiger partial charge in [0, 0.05) is 26.3 Å². The number of nitrogens with zero attached hydrogens (tertiary/aromatic N) is 3. The Kier molecular flexibility index (Phi) is 2.49. The standard InChI is InChI=1S/C9H13N3O2/c1-11-9(13)8(2-3-10-11)12-4-6-14-7-5-12/h2-3H,4-7H2,1H3. The fourth-order valence-electron chi connectivity index (χ4n) is 1.54. The van der Waals surface area contributed by atoms with Gasteiger partial charge in [-0.1, -0.05) is 0 Å². The first kappa shape index (κ1) is 9.21. The first-order valence-corrected chi connectivity index (χ1v) is 4.64. The van der Waals surface area contributed by atoms with Crippen LogP contribution in [0.2, 0.25) is 0 Å². The van der Waals surface area contributed by atoms with Gasteiger partial charge in [0.2, 0.25) is 0 Å². The molecule has 1 aromatic heterocycles. The monoisotopic (exact) mass is 195 g/mol. The Hall–Kier alpha value is -1.36. The molecule has 0 bridgehead atoms. The second kappa shape index (κ2) is 3.79. The number of hydrogen-bond donors (Lipinski definition) is 0. The molecule has 0 aromatic carbocycles. The predicted molar refractivity (Wildman–Crippen MR) is 52.5 cm³/mol. The Balaban J connectivity index is 2.31. The molecule has 0 saturated carbocycles. The van der Waals surface area contributed by atoms with E-state index in [0.29, 0.717) is 18.9 Å². The van der Waals surface area contributed by atoms with Crippen LogP contribution in [0.5, 0.6) is 0 Å². The van der Waals surface area contributed by atoms with Crippen molar-refractivity contribution in [2.45, 2.75) is 0 Å². The fraction of sp³-hybridized carbons (Fsp3) is 0.556. The summed E-state index contributed by atoms with van der Waals surface area (Å²) in [6, 6.07) is 1.76. The van der Waals surface area contributed by atoms with Crippen molar-refractivity contribution in [2.75, 3.05) is 31.2 Å². The average molecular weight is 195 g/mol. The summed E-state index contributed by atoms with van der Waals surface area (Å²) in [6.07, 6.45) is 1.65. The molecule has 1 aromatic rings. The minimum atomic E-state index is -0.0469. The van der Waals surface area contributed by atoms with Crippen LogP contribution in [0.3, 0.4) is 0 Å². The molecule has 0 unspecified atom stereocenters. The van der Waals surface area contributed by atoms with Crippen molar-refractivity contribution in [2.24, 2.45) is 7.05 Å².